The minimum atomic E-state index is -3.92. The molecule has 3 aromatic rings. The Hall–Kier alpha value is -2.66. The molecule has 0 spiro atoms. The molecule has 0 aliphatic carbocycles. The first kappa shape index (κ1) is 26.9. The number of nitrogens with zero attached hydrogens (tertiary/aromatic N) is 3. The van der Waals surface area contributed by atoms with Crippen molar-refractivity contribution >= 4 is 39.2 Å². The molecule has 9 nitrogen and oxygen atoms in total. The number of carbonyl (C=O) groups excluding carboxylic acids is 1. The third-order valence-electron chi connectivity index (χ3n) is 4.66. The fourth-order valence-corrected chi connectivity index (χ4v) is 4.71. The van der Waals surface area contributed by atoms with Crippen molar-refractivity contribution in [1.82, 2.24) is 19.5 Å². The van der Waals surface area contributed by atoms with E-state index in [0.717, 1.165) is 0 Å². The fourth-order valence-electron chi connectivity index (χ4n) is 3.12. The highest BCUT2D eigenvalue weighted by Gasteiger charge is 2.25. The molecule has 188 valence electrons. The molecule has 1 heterocycles. The largest absolute Gasteiger partial charge is 0.456 e. The summed E-state index contributed by atoms with van der Waals surface area (Å²) in [4.78, 5) is 12.3. The Balaban J connectivity index is 1.81. The van der Waals surface area contributed by atoms with Crippen LogP contribution in [0.5, 0.6) is 11.8 Å². The Kier molecular flexibility index (Phi) is 8.10. The summed E-state index contributed by atoms with van der Waals surface area (Å²) >= 11 is 11.9. The van der Waals surface area contributed by atoms with E-state index in [0.29, 0.717) is 23.7 Å². The number of carbonyl (C=O) groups is 1. The molecule has 0 bridgehead atoms. The van der Waals surface area contributed by atoms with Crippen molar-refractivity contribution < 1.29 is 22.7 Å². The Morgan fingerprint density at radius 3 is 2.46 bits per heavy atom. The van der Waals surface area contributed by atoms with Gasteiger partial charge in [0.05, 0.1) is 26.5 Å². The van der Waals surface area contributed by atoms with Gasteiger partial charge in [-0.3, -0.25) is 4.57 Å². The lowest BCUT2D eigenvalue weighted by atomic mass is 10.1. The Bertz CT molecular complexity index is 1340. The number of nitrogens with one attached hydrogen (secondary N) is 1. The average Bonchev–Trinajstić information content (AvgIpc) is 3.17. The molecule has 0 aliphatic rings. The lowest BCUT2D eigenvalue weighted by Crippen LogP contribution is -2.29. The number of benzene rings is 2. The van der Waals surface area contributed by atoms with E-state index in [9.17, 15) is 13.2 Å². The highest BCUT2D eigenvalue weighted by Crippen LogP contribution is 2.27. The van der Waals surface area contributed by atoms with Gasteiger partial charge in [-0.1, -0.05) is 34.4 Å². The minimum absolute atomic E-state index is 0.0308. The van der Waals surface area contributed by atoms with Crippen LogP contribution in [-0.4, -0.2) is 34.8 Å². The molecule has 12 heteroatoms. The van der Waals surface area contributed by atoms with Gasteiger partial charge in [0.1, 0.15) is 11.4 Å². The van der Waals surface area contributed by atoms with Gasteiger partial charge < -0.3 is 9.47 Å². The monoisotopic (exact) mass is 540 g/mol. The zero-order chi connectivity index (χ0) is 26.0. The second-order valence-corrected chi connectivity index (χ2v) is 11.2. The first-order valence-corrected chi connectivity index (χ1v) is 13.0. The quantitative estimate of drug-likeness (QED) is 0.381. The van der Waals surface area contributed by atoms with Crippen LogP contribution >= 0.6 is 23.2 Å². The molecule has 0 saturated heterocycles. The molecule has 2 aromatic carbocycles. The van der Waals surface area contributed by atoms with Gasteiger partial charge in [-0.05, 0) is 71.0 Å². The van der Waals surface area contributed by atoms with Crippen LogP contribution in [0.2, 0.25) is 10.0 Å². The summed E-state index contributed by atoms with van der Waals surface area (Å²) in [5.74, 6) is 0.214. The third-order valence-corrected chi connectivity index (χ3v) is 6.94. The zero-order valence-electron chi connectivity index (χ0n) is 19.9. The molecule has 3 rings (SSSR count). The lowest BCUT2D eigenvalue weighted by Gasteiger charge is -2.19. The second-order valence-electron chi connectivity index (χ2n) is 8.64. The van der Waals surface area contributed by atoms with Crippen LogP contribution in [0.15, 0.2) is 47.4 Å². The van der Waals surface area contributed by atoms with Crippen LogP contribution in [0.3, 0.4) is 0 Å². The number of aromatic nitrogens is 3. The van der Waals surface area contributed by atoms with Gasteiger partial charge in [0.2, 0.25) is 10.0 Å². The van der Waals surface area contributed by atoms with Crippen molar-refractivity contribution in [1.29, 1.82) is 0 Å². The highest BCUT2D eigenvalue weighted by molar-refractivity contribution is 7.89. The predicted octanol–water partition coefficient (Wildman–Crippen LogP) is 5.39. The van der Waals surface area contributed by atoms with E-state index >= 15 is 0 Å². The number of sulfonamides is 1. The molecule has 1 aromatic heterocycles. The van der Waals surface area contributed by atoms with Crippen LogP contribution in [0, 0.1) is 0 Å². The zero-order valence-corrected chi connectivity index (χ0v) is 22.2. The van der Waals surface area contributed by atoms with Crippen molar-refractivity contribution in [2.45, 2.75) is 57.7 Å². The molecule has 0 fully saturated rings. The normalized spacial score (nSPS) is 12.9. The van der Waals surface area contributed by atoms with Gasteiger partial charge in [0.15, 0.2) is 5.82 Å². The van der Waals surface area contributed by atoms with Crippen molar-refractivity contribution in [2.75, 3.05) is 0 Å². The average molecular weight is 541 g/mol. The van der Waals surface area contributed by atoms with Crippen LogP contribution in [-0.2, 0) is 21.3 Å². The standard InChI is InChI=1S/C23H26Cl2N4O5S/c1-6-29-20(14(2)28-35(31,32)17-10-11-18(24)19(25)13-17)26-27-22(29)33-16-9-7-8-15(12-16)21(30)34-23(3,4)5/h7-14,28H,6H2,1-5H3/t14-/m1/s1. The number of hydrogen-bond donors (Lipinski definition) is 1. The number of hydrogen-bond acceptors (Lipinski definition) is 7. The molecule has 35 heavy (non-hydrogen) atoms. The molecule has 0 unspecified atom stereocenters. The van der Waals surface area contributed by atoms with E-state index in [1.54, 1.807) is 56.5 Å². The first-order valence-electron chi connectivity index (χ1n) is 10.7. The van der Waals surface area contributed by atoms with Gasteiger partial charge in [0, 0.05) is 6.54 Å². The Labute approximate surface area is 214 Å². The highest BCUT2D eigenvalue weighted by atomic mass is 35.5. The van der Waals surface area contributed by atoms with Gasteiger partial charge in [-0.15, -0.1) is 5.10 Å². The van der Waals surface area contributed by atoms with Crippen LogP contribution in [0.4, 0.5) is 0 Å². The van der Waals surface area contributed by atoms with Gasteiger partial charge in [-0.2, -0.15) is 0 Å². The molecule has 0 aliphatic heterocycles. The van der Waals surface area contributed by atoms with Crippen molar-refractivity contribution in [3.63, 3.8) is 0 Å². The van der Waals surface area contributed by atoms with E-state index in [4.69, 9.17) is 32.7 Å². The summed E-state index contributed by atoms with van der Waals surface area (Å²) in [6.45, 7) is 9.24. The summed E-state index contributed by atoms with van der Waals surface area (Å²) < 4.78 is 41.1. The van der Waals surface area contributed by atoms with Crippen LogP contribution < -0.4 is 9.46 Å². The maximum absolute atomic E-state index is 12.8. The number of ether oxygens (including phenoxy) is 2. The van der Waals surface area contributed by atoms with Crippen molar-refractivity contribution in [3.8, 4) is 11.8 Å². The predicted molar refractivity (Wildman–Crippen MR) is 133 cm³/mol. The van der Waals surface area contributed by atoms with E-state index in [1.807, 2.05) is 6.92 Å². The summed E-state index contributed by atoms with van der Waals surface area (Å²) in [6.07, 6.45) is 0. The maximum Gasteiger partial charge on any atom is 0.338 e. The smallest absolute Gasteiger partial charge is 0.338 e. The molecule has 1 N–H and O–H groups in total. The van der Waals surface area contributed by atoms with Crippen LogP contribution in [0.25, 0.3) is 0 Å². The number of esters is 1. The topological polar surface area (TPSA) is 112 Å². The molecule has 0 saturated carbocycles. The summed E-state index contributed by atoms with van der Waals surface area (Å²) in [5, 5.41) is 8.57. The minimum Gasteiger partial charge on any atom is -0.456 e. The molecule has 0 amide bonds. The van der Waals surface area contributed by atoms with Gasteiger partial charge in [0.25, 0.3) is 0 Å². The lowest BCUT2D eigenvalue weighted by molar-refractivity contribution is 0.00691. The molecule has 1 atom stereocenters. The summed E-state index contributed by atoms with van der Waals surface area (Å²) in [5.41, 5.74) is -0.311. The van der Waals surface area contributed by atoms with Crippen molar-refractivity contribution in [3.05, 3.63) is 63.9 Å². The number of halogens is 2. The summed E-state index contributed by atoms with van der Waals surface area (Å²) in [7, 11) is -3.92. The molecular weight excluding hydrogens is 515 g/mol. The Morgan fingerprint density at radius 2 is 1.83 bits per heavy atom. The van der Waals surface area contributed by atoms with E-state index < -0.39 is 27.6 Å². The van der Waals surface area contributed by atoms with Crippen LogP contribution in [0.1, 0.15) is 56.8 Å². The van der Waals surface area contributed by atoms with E-state index in [2.05, 4.69) is 14.9 Å². The third kappa shape index (κ3) is 6.72. The van der Waals surface area contributed by atoms with E-state index in [-0.39, 0.29) is 21.0 Å². The van der Waals surface area contributed by atoms with Crippen molar-refractivity contribution in [2.24, 2.45) is 0 Å². The van der Waals surface area contributed by atoms with Gasteiger partial charge in [-0.25, -0.2) is 17.9 Å². The van der Waals surface area contributed by atoms with E-state index in [1.165, 1.54) is 18.2 Å². The SMILES string of the molecule is CCn1c(Oc2cccc(C(=O)OC(C)(C)C)c2)nnc1[C@@H](C)NS(=O)(=O)c1ccc(Cl)c(Cl)c1. The molecular formula is C23H26Cl2N4O5S. The molecule has 0 radical (unpaired) electrons. The Morgan fingerprint density at radius 1 is 1.11 bits per heavy atom. The maximum atomic E-state index is 12.8. The second kappa shape index (κ2) is 10.5. The summed E-state index contributed by atoms with van der Waals surface area (Å²) in [6, 6.07) is 9.94. The van der Waals surface area contributed by atoms with Gasteiger partial charge >= 0.3 is 12.0 Å². The first-order chi connectivity index (χ1) is 16.3. The fraction of sp³-hybridized carbons (Fsp3) is 0.348. The number of rotatable bonds is 8.